The van der Waals surface area contributed by atoms with Crippen LogP contribution < -0.4 is 4.90 Å². The van der Waals surface area contributed by atoms with Crippen LogP contribution in [0.1, 0.15) is 67.5 Å². The SMILES string of the molecule is CC(=O)c1ccc(N2CCN(C(=O)c3csc(C4CCN(C(=O)c5ccccc5C(F)(F)F)CC4)n3)CC2)cc1. The molecule has 5 rings (SSSR count). The zero-order chi connectivity index (χ0) is 28.4. The summed E-state index contributed by atoms with van der Waals surface area (Å²) in [5, 5.41) is 2.58. The summed E-state index contributed by atoms with van der Waals surface area (Å²) >= 11 is 1.41. The zero-order valence-corrected chi connectivity index (χ0v) is 22.8. The predicted molar refractivity (Wildman–Crippen MR) is 146 cm³/mol. The van der Waals surface area contributed by atoms with E-state index in [0.29, 0.717) is 63.4 Å². The van der Waals surface area contributed by atoms with Crippen molar-refractivity contribution in [2.24, 2.45) is 0 Å². The number of ketones is 1. The van der Waals surface area contributed by atoms with Crippen molar-refractivity contribution in [1.82, 2.24) is 14.8 Å². The van der Waals surface area contributed by atoms with E-state index in [1.54, 1.807) is 10.3 Å². The van der Waals surface area contributed by atoms with Gasteiger partial charge in [-0.1, -0.05) is 12.1 Å². The van der Waals surface area contributed by atoms with Crippen molar-refractivity contribution in [3.63, 3.8) is 0 Å². The minimum absolute atomic E-state index is 0.0235. The number of piperazine rings is 1. The fourth-order valence-corrected chi connectivity index (χ4v) is 6.19. The number of benzene rings is 2. The summed E-state index contributed by atoms with van der Waals surface area (Å²) in [6.07, 6.45) is -3.45. The zero-order valence-electron chi connectivity index (χ0n) is 22.0. The largest absolute Gasteiger partial charge is 0.417 e. The van der Waals surface area contributed by atoms with Gasteiger partial charge in [0, 0.05) is 61.8 Å². The van der Waals surface area contributed by atoms with Crippen molar-refractivity contribution < 1.29 is 27.6 Å². The third kappa shape index (κ3) is 5.89. The number of likely N-dealkylation sites (tertiary alicyclic amines) is 1. The Balaban J connectivity index is 1.15. The molecule has 2 aliphatic heterocycles. The van der Waals surface area contributed by atoms with E-state index in [4.69, 9.17) is 0 Å². The summed E-state index contributed by atoms with van der Waals surface area (Å²) in [4.78, 5) is 47.6. The van der Waals surface area contributed by atoms with Crippen LogP contribution in [0.15, 0.2) is 53.9 Å². The Labute approximate surface area is 234 Å². The molecule has 2 fully saturated rings. The van der Waals surface area contributed by atoms with Gasteiger partial charge in [0.25, 0.3) is 11.8 Å². The molecule has 0 atom stereocenters. The lowest BCUT2D eigenvalue weighted by atomic mass is 9.96. The molecule has 3 heterocycles. The lowest BCUT2D eigenvalue weighted by Gasteiger charge is -2.36. The summed E-state index contributed by atoms with van der Waals surface area (Å²) < 4.78 is 40.1. The van der Waals surface area contributed by atoms with Gasteiger partial charge in [-0.05, 0) is 56.2 Å². The first kappa shape index (κ1) is 27.8. The van der Waals surface area contributed by atoms with Crippen molar-refractivity contribution in [1.29, 1.82) is 0 Å². The van der Waals surface area contributed by atoms with Crippen LogP contribution in [0.3, 0.4) is 0 Å². The van der Waals surface area contributed by atoms with Crippen LogP contribution in [0.25, 0.3) is 0 Å². The molecular weight excluding hydrogens is 541 g/mol. The second-order valence-corrected chi connectivity index (χ2v) is 11.0. The van der Waals surface area contributed by atoms with Crippen LogP contribution in [0.5, 0.6) is 0 Å². The third-order valence-electron chi connectivity index (χ3n) is 7.54. The summed E-state index contributed by atoms with van der Waals surface area (Å²) in [5.74, 6) is -0.667. The number of piperidine rings is 1. The molecule has 0 bridgehead atoms. The maximum absolute atomic E-state index is 13.4. The number of carbonyl (C=O) groups excluding carboxylic acids is 3. The smallest absolute Gasteiger partial charge is 0.368 e. The van der Waals surface area contributed by atoms with Gasteiger partial charge in [-0.15, -0.1) is 11.3 Å². The molecule has 2 aromatic carbocycles. The van der Waals surface area contributed by atoms with E-state index >= 15 is 0 Å². The van der Waals surface area contributed by atoms with Crippen molar-refractivity contribution in [3.05, 3.63) is 81.3 Å². The molecule has 0 aliphatic carbocycles. The van der Waals surface area contributed by atoms with Gasteiger partial charge in [0.15, 0.2) is 5.78 Å². The second-order valence-electron chi connectivity index (χ2n) is 10.1. The Hall–Kier alpha value is -3.73. The minimum Gasteiger partial charge on any atom is -0.368 e. The molecule has 0 N–H and O–H groups in total. The van der Waals surface area contributed by atoms with Crippen molar-refractivity contribution >= 4 is 34.6 Å². The van der Waals surface area contributed by atoms with Crippen molar-refractivity contribution in [2.45, 2.75) is 31.9 Å². The molecule has 210 valence electrons. The van der Waals surface area contributed by atoms with E-state index < -0.39 is 17.6 Å². The predicted octanol–water partition coefficient (Wildman–Crippen LogP) is 5.35. The molecule has 0 spiro atoms. The number of rotatable bonds is 5. The fraction of sp³-hybridized carbons (Fsp3) is 0.379. The van der Waals surface area contributed by atoms with E-state index in [-0.39, 0.29) is 23.2 Å². The Morgan fingerprint density at radius 3 is 2.10 bits per heavy atom. The fourth-order valence-electron chi connectivity index (χ4n) is 5.23. The maximum Gasteiger partial charge on any atom is 0.417 e. The number of amides is 2. The summed E-state index contributed by atoms with van der Waals surface area (Å²) in [6, 6.07) is 12.4. The first-order chi connectivity index (χ1) is 19.1. The number of alkyl halides is 3. The number of aromatic nitrogens is 1. The minimum atomic E-state index is -4.59. The highest BCUT2D eigenvalue weighted by molar-refractivity contribution is 7.09. The molecule has 40 heavy (non-hydrogen) atoms. The highest BCUT2D eigenvalue weighted by atomic mass is 32.1. The van der Waals surface area contributed by atoms with E-state index in [2.05, 4.69) is 9.88 Å². The normalized spacial score (nSPS) is 16.8. The molecule has 2 amide bonds. The molecule has 11 heteroatoms. The highest BCUT2D eigenvalue weighted by Crippen LogP contribution is 2.35. The van der Waals surface area contributed by atoms with Crippen molar-refractivity contribution in [3.8, 4) is 0 Å². The summed E-state index contributed by atoms with van der Waals surface area (Å²) in [5.41, 5.74) is 0.832. The topological polar surface area (TPSA) is 73.8 Å². The summed E-state index contributed by atoms with van der Waals surface area (Å²) in [6.45, 7) is 4.65. The van der Waals surface area contributed by atoms with Gasteiger partial charge in [-0.3, -0.25) is 14.4 Å². The van der Waals surface area contributed by atoms with Crippen LogP contribution in [0.4, 0.5) is 18.9 Å². The van der Waals surface area contributed by atoms with E-state index in [0.717, 1.165) is 16.8 Å². The third-order valence-corrected chi connectivity index (χ3v) is 8.55. The lowest BCUT2D eigenvalue weighted by molar-refractivity contribution is -0.138. The van der Waals surface area contributed by atoms with Gasteiger partial charge < -0.3 is 14.7 Å². The molecule has 0 radical (unpaired) electrons. The molecule has 1 aromatic heterocycles. The molecule has 0 saturated carbocycles. The Morgan fingerprint density at radius 1 is 0.850 bits per heavy atom. The standard InChI is InChI=1S/C29H29F3N4O3S/c1-19(37)20-6-8-22(9-7-20)34-14-16-36(17-15-34)28(39)25-18-40-26(33-25)21-10-12-35(13-11-21)27(38)23-4-2-3-5-24(23)29(30,31)32/h2-9,18,21H,10-17H2,1H3. The Morgan fingerprint density at radius 2 is 1.48 bits per heavy atom. The van der Waals surface area contributed by atoms with Crippen LogP contribution in [-0.4, -0.2) is 71.6 Å². The number of nitrogens with zero attached hydrogens (tertiary/aromatic N) is 4. The number of hydrogen-bond acceptors (Lipinski definition) is 6. The number of anilines is 1. The lowest BCUT2D eigenvalue weighted by Crippen LogP contribution is -2.48. The molecule has 3 aromatic rings. The van der Waals surface area contributed by atoms with Crippen molar-refractivity contribution in [2.75, 3.05) is 44.2 Å². The monoisotopic (exact) mass is 570 g/mol. The molecular formula is C29H29F3N4O3S. The van der Waals surface area contributed by atoms with Crippen LogP contribution in [0, 0.1) is 0 Å². The van der Waals surface area contributed by atoms with E-state index in [1.807, 2.05) is 24.3 Å². The molecule has 2 saturated heterocycles. The van der Waals surface area contributed by atoms with Crippen LogP contribution in [-0.2, 0) is 6.18 Å². The van der Waals surface area contributed by atoms with Gasteiger partial charge in [-0.25, -0.2) is 4.98 Å². The van der Waals surface area contributed by atoms with Gasteiger partial charge in [-0.2, -0.15) is 13.2 Å². The molecule has 7 nitrogen and oxygen atoms in total. The first-order valence-electron chi connectivity index (χ1n) is 13.2. The van der Waals surface area contributed by atoms with Gasteiger partial charge in [0.1, 0.15) is 5.69 Å². The van der Waals surface area contributed by atoms with Crippen LogP contribution in [0.2, 0.25) is 0 Å². The average Bonchev–Trinajstić information content (AvgIpc) is 3.47. The maximum atomic E-state index is 13.4. The number of carbonyl (C=O) groups is 3. The molecule has 0 unspecified atom stereocenters. The highest BCUT2D eigenvalue weighted by Gasteiger charge is 2.37. The van der Waals surface area contributed by atoms with Crippen LogP contribution >= 0.6 is 11.3 Å². The Kier molecular flexibility index (Phi) is 7.93. The molecule has 2 aliphatic rings. The van der Waals surface area contributed by atoms with Gasteiger partial charge in [0.05, 0.1) is 16.1 Å². The first-order valence-corrected chi connectivity index (χ1v) is 14.1. The number of hydrogen-bond donors (Lipinski definition) is 0. The second kappa shape index (κ2) is 11.4. The van der Waals surface area contributed by atoms with Gasteiger partial charge >= 0.3 is 6.18 Å². The number of thiazole rings is 1. The summed E-state index contributed by atoms with van der Waals surface area (Å²) in [7, 11) is 0. The quantitative estimate of drug-likeness (QED) is 0.387. The van der Waals surface area contributed by atoms with Gasteiger partial charge in [0.2, 0.25) is 0 Å². The number of halogens is 3. The number of Topliss-reactive ketones (excluding diaryl/α,β-unsaturated/α-hetero) is 1. The Bertz CT molecular complexity index is 1390. The van der Waals surface area contributed by atoms with E-state index in [1.165, 1.54) is 41.4 Å². The average molecular weight is 571 g/mol. The van der Waals surface area contributed by atoms with E-state index in [9.17, 15) is 27.6 Å².